The van der Waals surface area contributed by atoms with E-state index in [1.54, 1.807) is 19.2 Å². The molecule has 0 bridgehead atoms. The van der Waals surface area contributed by atoms with Gasteiger partial charge in [-0.15, -0.1) is 0 Å². The number of urea groups is 1. The number of rotatable bonds is 2. The third kappa shape index (κ3) is 1.53. The molecule has 2 aliphatic heterocycles. The number of carbonyl (C=O) groups is 2. The molecule has 3 rings (SSSR count). The van der Waals surface area contributed by atoms with E-state index < -0.39 is 18.3 Å². The highest BCUT2D eigenvalue weighted by Crippen LogP contribution is 2.33. The van der Waals surface area contributed by atoms with Crippen LogP contribution in [0.5, 0.6) is 5.75 Å². The van der Waals surface area contributed by atoms with E-state index in [0.717, 1.165) is 11.3 Å². The summed E-state index contributed by atoms with van der Waals surface area (Å²) in [6.07, 6.45) is -0.507. The summed E-state index contributed by atoms with van der Waals surface area (Å²) < 4.78 is 10.6. The van der Waals surface area contributed by atoms with Crippen LogP contribution in [0.15, 0.2) is 24.3 Å². The molecule has 1 N–H and O–H groups in total. The third-order valence-electron chi connectivity index (χ3n) is 3.17. The van der Waals surface area contributed by atoms with Crippen molar-refractivity contribution in [1.82, 2.24) is 10.2 Å². The predicted octanol–water partition coefficient (Wildman–Crippen LogP) is 0.644. The molecular weight excluding hydrogens is 236 g/mol. The first-order valence-electron chi connectivity index (χ1n) is 5.59. The van der Waals surface area contributed by atoms with Crippen molar-refractivity contribution in [2.75, 3.05) is 13.7 Å². The van der Waals surface area contributed by atoms with Gasteiger partial charge in [0.2, 0.25) is 0 Å². The zero-order chi connectivity index (χ0) is 12.7. The molecule has 0 radical (unpaired) electrons. The minimum atomic E-state index is -0.510. The fourth-order valence-corrected chi connectivity index (χ4v) is 2.23. The minimum Gasteiger partial charge on any atom is -0.497 e. The Morgan fingerprint density at radius 3 is 2.72 bits per heavy atom. The van der Waals surface area contributed by atoms with Crippen LogP contribution in [0.3, 0.4) is 0 Å². The number of benzene rings is 1. The van der Waals surface area contributed by atoms with Crippen molar-refractivity contribution in [2.24, 2.45) is 0 Å². The molecule has 0 aromatic heterocycles. The molecule has 2 aliphatic rings. The Bertz CT molecular complexity index is 499. The number of imide groups is 1. The number of hydrogen-bond donors (Lipinski definition) is 1. The lowest BCUT2D eigenvalue weighted by atomic mass is 10.1. The summed E-state index contributed by atoms with van der Waals surface area (Å²) in [5, 5.41) is 2.28. The molecule has 18 heavy (non-hydrogen) atoms. The summed E-state index contributed by atoms with van der Waals surface area (Å²) >= 11 is 0. The van der Waals surface area contributed by atoms with Crippen LogP contribution >= 0.6 is 0 Å². The Kier molecular flexibility index (Phi) is 2.45. The Labute approximate surface area is 103 Å². The van der Waals surface area contributed by atoms with Gasteiger partial charge < -0.3 is 9.47 Å². The highest BCUT2D eigenvalue weighted by atomic mass is 16.5. The zero-order valence-corrected chi connectivity index (χ0v) is 9.75. The lowest BCUT2D eigenvalue weighted by molar-refractivity contribution is -0.120. The van der Waals surface area contributed by atoms with Crippen LogP contribution in [-0.2, 0) is 9.53 Å². The molecule has 0 saturated carbocycles. The van der Waals surface area contributed by atoms with E-state index in [1.165, 1.54) is 4.90 Å². The summed E-state index contributed by atoms with van der Waals surface area (Å²) in [5.41, 5.74) is 0.822. The Hall–Kier alpha value is -2.08. The molecule has 2 heterocycles. The largest absolute Gasteiger partial charge is 0.497 e. The maximum atomic E-state index is 11.7. The van der Waals surface area contributed by atoms with Crippen molar-refractivity contribution in [2.45, 2.75) is 12.3 Å². The first kappa shape index (κ1) is 11.0. The molecule has 6 nitrogen and oxygen atoms in total. The van der Waals surface area contributed by atoms with Crippen molar-refractivity contribution in [3.8, 4) is 5.75 Å². The summed E-state index contributed by atoms with van der Waals surface area (Å²) in [6, 6.07) is 6.32. The monoisotopic (exact) mass is 248 g/mol. The molecule has 1 aromatic rings. The fourth-order valence-electron chi connectivity index (χ4n) is 2.23. The third-order valence-corrected chi connectivity index (χ3v) is 3.17. The number of nitrogens with zero attached hydrogens (tertiary/aromatic N) is 1. The minimum absolute atomic E-state index is 0.230. The second kappa shape index (κ2) is 3.99. The van der Waals surface area contributed by atoms with E-state index in [-0.39, 0.29) is 12.5 Å². The van der Waals surface area contributed by atoms with Crippen molar-refractivity contribution in [1.29, 1.82) is 0 Å². The molecule has 6 heteroatoms. The Morgan fingerprint density at radius 2 is 2.06 bits per heavy atom. The van der Waals surface area contributed by atoms with Gasteiger partial charge in [0.05, 0.1) is 13.7 Å². The zero-order valence-electron chi connectivity index (χ0n) is 9.75. The molecule has 2 fully saturated rings. The van der Waals surface area contributed by atoms with Crippen molar-refractivity contribution in [3.05, 3.63) is 29.8 Å². The van der Waals surface area contributed by atoms with Crippen LogP contribution in [0.4, 0.5) is 4.79 Å². The van der Waals surface area contributed by atoms with Gasteiger partial charge in [-0.25, -0.2) is 4.79 Å². The predicted molar refractivity (Wildman–Crippen MR) is 60.9 cm³/mol. The first-order chi connectivity index (χ1) is 8.70. The molecule has 3 amide bonds. The van der Waals surface area contributed by atoms with Gasteiger partial charge in [0.1, 0.15) is 11.8 Å². The fraction of sp³-hybridized carbons (Fsp3) is 0.333. The van der Waals surface area contributed by atoms with Crippen LogP contribution in [0.2, 0.25) is 0 Å². The number of amides is 3. The van der Waals surface area contributed by atoms with Crippen LogP contribution in [0.1, 0.15) is 11.8 Å². The number of hydrogen-bond acceptors (Lipinski definition) is 4. The maximum absolute atomic E-state index is 11.7. The van der Waals surface area contributed by atoms with Gasteiger partial charge in [-0.05, 0) is 12.1 Å². The topological polar surface area (TPSA) is 67.9 Å². The average Bonchev–Trinajstić information content (AvgIpc) is 2.93. The van der Waals surface area contributed by atoms with Crippen molar-refractivity contribution < 1.29 is 19.1 Å². The Morgan fingerprint density at radius 1 is 1.33 bits per heavy atom. The lowest BCUT2D eigenvalue weighted by Crippen LogP contribution is -2.32. The van der Waals surface area contributed by atoms with E-state index in [4.69, 9.17) is 9.47 Å². The standard InChI is InChI=1S/C12H12N2O4/c1-17-8-4-2-7(3-5-8)11-14-9(6-18-11)10(15)13-12(14)16/h2-5,9,11H,6H2,1H3,(H,13,15,16)/t9-,11?/m1/s1. The first-order valence-corrected chi connectivity index (χ1v) is 5.59. The van der Waals surface area contributed by atoms with Gasteiger partial charge in [-0.1, -0.05) is 12.1 Å². The maximum Gasteiger partial charge on any atom is 0.327 e. The highest BCUT2D eigenvalue weighted by Gasteiger charge is 2.48. The van der Waals surface area contributed by atoms with Crippen LogP contribution in [0, 0.1) is 0 Å². The average molecular weight is 248 g/mol. The van der Waals surface area contributed by atoms with Crippen LogP contribution < -0.4 is 10.1 Å². The normalized spacial score (nSPS) is 26.2. The smallest absolute Gasteiger partial charge is 0.327 e. The number of carbonyl (C=O) groups excluding carboxylic acids is 2. The Balaban J connectivity index is 1.88. The molecule has 0 aliphatic carbocycles. The highest BCUT2D eigenvalue weighted by molar-refractivity contribution is 6.04. The van der Waals surface area contributed by atoms with E-state index >= 15 is 0 Å². The van der Waals surface area contributed by atoms with E-state index in [2.05, 4.69) is 5.32 Å². The van der Waals surface area contributed by atoms with Crippen molar-refractivity contribution >= 4 is 11.9 Å². The summed E-state index contributed by atoms with van der Waals surface area (Å²) in [6.45, 7) is 0.230. The molecule has 2 saturated heterocycles. The number of ether oxygens (including phenoxy) is 2. The van der Waals surface area contributed by atoms with Crippen LogP contribution in [-0.4, -0.2) is 36.6 Å². The van der Waals surface area contributed by atoms with Gasteiger partial charge in [-0.2, -0.15) is 0 Å². The van der Waals surface area contributed by atoms with Crippen molar-refractivity contribution in [3.63, 3.8) is 0 Å². The second-order valence-corrected chi connectivity index (χ2v) is 4.18. The second-order valence-electron chi connectivity index (χ2n) is 4.18. The molecule has 0 spiro atoms. The van der Waals surface area contributed by atoms with Gasteiger partial charge in [0, 0.05) is 5.56 Å². The molecule has 2 atom stereocenters. The van der Waals surface area contributed by atoms with Gasteiger partial charge in [-0.3, -0.25) is 15.0 Å². The summed E-state index contributed by atoms with van der Waals surface area (Å²) in [5.74, 6) is 0.436. The molecular formula is C12H12N2O4. The van der Waals surface area contributed by atoms with Gasteiger partial charge >= 0.3 is 6.03 Å². The number of fused-ring (bicyclic) bond motifs is 1. The van der Waals surface area contributed by atoms with Gasteiger partial charge in [0.15, 0.2) is 6.23 Å². The number of methoxy groups -OCH3 is 1. The van der Waals surface area contributed by atoms with Crippen LogP contribution in [0.25, 0.3) is 0 Å². The van der Waals surface area contributed by atoms with E-state index in [1.807, 2.05) is 12.1 Å². The summed E-state index contributed by atoms with van der Waals surface area (Å²) in [4.78, 5) is 24.6. The SMILES string of the molecule is COc1ccc(C2OC[C@@H]3C(=O)NC(=O)N23)cc1. The lowest BCUT2D eigenvalue weighted by Gasteiger charge is -2.20. The molecule has 1 unspecified atom stereocenters. The van der Waals surface area contributed by atoms with Gasteiger partial charge in [0.25, 0.3) is 5.91 Å². The molecule has 1 aromatic carbocycles. The number of nitrogens with one attached hydrogen (secondary N) is 1. The van der Waals surface area contributed by atoms with E-state index in [9.17, 15) is 9.59 Å². The summed E-state index contributed by atoms with van der Waals surface area (Å²) in [7, 11) is 1.59. The van der Waals surface area contributed by atoms with E-state index in [0.29, 0.717) is 0 Å². The quantitative estimate of drug-likeness (QED) is 0.780. The molecule has 94 valence electrons.